The lowest BCUT2D eigenvalue weighted by molar-refractivity contribution is 0.601. The van der Waals surface area contributed by atoms with Gasteiger partial charge >= 0.3 is 0 Å². The molecule has 0 saturated carbocycles. The van der Waals surface area contributed by atoms with Gasteiger partial charge in [0.2, 0.25) is 0 Å². The first-order valence-electron chi connectivity index (χ1n) is 5.03. The molecule has 0 radical (unpaired) electrons. The molecule has 1 N–H and O–H groups in total. The summed E-state index contributed by atoms with van der Waals surface area (Å²) in [6.45, 7) is 1.87. The molecule has 0 amide bonds. The maximum Gasteiger partial charge on any atom is 0.264 e. The molecule has 3 nitrogen and oxygen atoms in total. The molecule has 0 spiro atoms. The lowest BCUT2D eigenvalue weighted by Crippen LogP contribution is -2.12. The van der Waals surface area contributed by atoms with Crippen molar-refractivity contribution in [2.75, 3.05) is 4.72 Å². The van der Waals surface area contributed by atoms with Gasteiger partial charge in [-0.15, -0.1) is 11.3 Å². The summed E-state index contributed by atoms with van der Waals surface area (Å²) in [6, 6.07) is 6.50. The third kappa shape index (κ3) is 3.44. The van der Waals surface area contributed by atoms with Crippen LogP contribution in [-0.4, -0.2) is 8.42 Å². The van der Waals surface area contributed by atoms with Gasteiger partial charge in [-0.2, -0.15) is 0 Å². The molecule has 1 aromatic heterocycles. The Morgan fingerprint density at radius 3 is 2.47 bits per heavy atom. The Balaban J connectivity index is 2.36. The van der Waals surface area contributed by atoms with Gasteiger partial charge in [-0.3, -0.25) is 4.72 Å². The van der Waals surface area contributed by atoms with Crippen LogP contribution in [0.2, 0.25) is 8.67 Å². The van der Waals surface area contributed by atoms with Crippen LogP contribution in [0.3, 0.4) is 0 Å². The molecular weight excluding hydrogens is 393 g/mol. The van der Waals surface area contributed by atoms with E-state index in [9.17, 15) is 8.42 Å². The minimum Gasteiger partial charge on any atom is -0.280 e. The molecule has 2 aromatic rings. The van der Waals surface area contributed by atoms with Crippen molar-refractivity contribution in [2.45, 2.75) is 11.8 Å². The van der Waals surface area contributed by atoms with E-state index < -0.39 is 10.0 Å². The lowest BCUT2D eigenvalue weighted by Gasteiger charge is -2.08. The summed E-state index contributed by atoms with van der Waals surface area (Å²) in [6.07, 6.45) is 0. The molecule has 0 fully saturated rings. The van der Waals surface area contributed by atoms with Crippen LogP contribution in [-0.2, 0) is 10.0 Å². The van der Waals surface area contributed by atoms with Crippen molar-refractivity contribution in [3.8, 4) is 0 Å². The number of benzene rings is 1. The second-order valence-electron chi connectivity index (χ2n) is 3.76. The van der Waals surface area contributed by atoms with E-state index in [-0.39, 0.29) is 9.23 Å². The van der Waals surface area contributed by atoms with Gasteiger partial charge in [0.1, 0.15) is 9.23 Å². The SMILES string of the molecule is Cc1cc(NS(=O)(=O)c2cc(Cl)sc2Cl)ccc1Br. The van der Waals surface area contributed by atoms with Crippen LogP contribution in [0.5, 0.6) is 0 Å². The first-order chi connectivity index (χ1) is 8.79. The summed E-state index contributed by atoms with van der Waals surface area (Å²) in [4.78, 5) is -0.00950. The van der Waals surface area contributed by atoms with Crippen LogP contribution in [0, 0.1) is 6.92 Å². The number of thiophene rings is 1. The molecule has 8 heteroatoms. The molecule has 0 bridgehead atoms. The Morgan fingerprint density at radius 2 is 1.95 bits per heavy atom. The topological polar surface area (TPSA) is 46.2 Å². The molecule has 1 heterocycles. The van der Waals surface area contributed by atoms with Crippen molar-refractivity contribution in [1.29, 1.82) is 0 Å². The van der Waals surface area contributed by atoms with Crippen LogP contribution in [0.4, 0.5) is 5.69 Å². The summed E-state index contributed by atoms with van der Waals surface area (Å²) in [5.41, 5.74) is 1.40. The van der Waals surface area contributed by atoms with Gasteiger partial charge in [-0.25, -0.2) is 8.42 Å². The van der Waals surface area contributed by atoms with E-state index in [1.54, 1.807) is 18.2 Å². The van der Waals surface area contributed by atoms with Gasteiger partial charge in [0.15, 0.2) is 0 Å². The second-order valence-corrected chi connectivity index (χ2v) is 8.55. The van der Waals surface area contributed by atoms with E-state index in [0.717, 1.165) is 21.4 Å². The summed E-state index contributed by atoms with van der Waals surface area (Å²) < 4.78 is 28.2. The molecule has 2 rings (SSSR count). The number of aryl methyl sites for hydroxylation is 1. The molecule has 0 aliphatic heterocycles. The smallest absolute Gasteiger partial charge is 0.264 e. The predicted molar refractivity (Wildman–Crippen MR) is 84.0 cm³/mol. The zero-order valence-corrected chi connectivity index (χ0v) is 14.3. The van der Waals surface area contributed by atoms with E-state index in [0.29, 0.717) is 10.0 Å². The Bertz CT molecular complexity index is 728. The molecule has 0 aliphatic carbocycles. The summed E-state index contributed by atoms with van der Waals surface area (Å²) in [5.74, 6) is 0. The van der Waals surface area contributed by atoms with Crippen molar-refractivity contribution in [2.24, 2.45) is 0 Å². The summed E-state index contributed by atoms with van der Waals surface area (Å²) in [7, 11) is -3.72. The molecule has 1 aromatic carbocycles. The normalized spacial score (nSPS) is 11.6. The third-order valence-corrected chi connectivity index (χ3v) is 6.35. The largest absolute Gasteiger partial charge is 0.280 e. The van der Waals surface area contributed by atoms with Gasteiger partial charge in [0, 0.05) is 10.2 Å². The van der Waals surface area contributed by atoms with E-state index >= 15 is 0 Å². The molecule has 0 aliphatic rings. The first kappa shape index (κ1) is 15.1. The molecular formula is C11H8BrCl2NO2S2. The number of nitrogens with one attached hydrogen (secondary N) is 1. The average molecular weight is 401 g/mol. The Morgan fingerprint density at radius 1 is 1.26 bits per heavy atom. The molecule has 0 unspecified atom stereocenters. The maximum atomic E-state index is 12.2. The number of hydrogen-bond donors (Lipinski definition) is 1. The van der Waals surface area contributed by atoms with Crippen molar-refractivity contribution >= 4 is 66.2 Å². The van der Waals surface area contributed by atoms with Crippen LogP contribution in [0.15, 0.2) is 33.6 Å². The highest BCUT2D eigenvalue weighted by molar-refractivity contribution is 9.10. The quantitative estimate of drug-likeness (QED) is 0.793. The van der Waals surface area contributed by atoms with Crippen molar-refractivity contribution in [3.05, 3.63) is 43.0 Å². The third-order valence-electron chi connectivity index (χ3n) is 2.33. The monoisotopic (exact) mass is 399 g/mol. The predicted octanol–water partition coefficient (Wildman–Crippen LogP) is 4.93. The zero-order chi connectivity index (χ0) is 14.2. The zero-order valence-electron chi connectivity index (χ0n) is 9.58. The fraction of sp³-hybridized carbons (Fsp3) is 0.0909. The van der Waals surface area contributed by atoms with E-state index in [1.165, 1.54) is 6.07 Å². The van der Waals surface area contributed by atoms with Crippen LogP contribution < -0.4 is 4.72 Å². The van der Waals surface area contributed by atoms with Crippen molar-refractivity contribution < 1.29 is 8.42 Å². The highest BCUT2D eigenvalue weighted by atomic mass is 79.9. The lowest BCUT2D eigenvalue weighted by atomic mass is 10.2. The van der Waals surface area contributed by atoms with E-state index in [1.807, 2.05) is 6.92 Å². The Hall–Kier alpha value is -0.270. The minimum atomic E-state index is -3.72. The standard InChI is InChI=1S/C11H8BrCl2NO2S2/c1-6-4-7(2-3-8(6)12)15-19(16,17)9-5-10(13)18-11(9)14/h2-5,15H,1H3. The Kier molecular flexibility index (Phi) is 4.47. The number of hydrogen-bond acceptors (Lipinski definition) is 3. The van der Waals surface area contributed by atoms with Crippen molar-refractivity contribution in [1.82, 2.24) is 0 Å². The fourth-order valence-electron chi connectivity index (χ4n) is 1.43. The fourth-order valence-corrected chi connectivity index (χ4v) is 4.87. The average Bonchev–Trinajstić information content (AvgIpc) is 2.63. The van der Waals surface area contributed by atoms with Gasteiger partial charge in [0.05, 0.1) is 4.34 Å². The molecule has 0 saturated heterocycles. The molecule has 19 heavy (non-hydrogen) atoms. The Labute approximate surface area is 133 Å². The van der Waals surface area contributed by atoms with Gasteiger partial charge in [0.25, 0.3) is 10.0 Å². The van der Waals surface area contributed by atoms with Crippen LogP contribution in [0.1, 0.15) is 5.56 Å². The summed E-state index contributed by atoms with van der Waals surface area (Å²) in [5, 5.41) is 0. The summed E-state index contributed by atoms with van der Waals surface area (Å²) >= 11 is 16.0. The van der Waals surface area contributed by atoms with Crippen molar-refractivity contribution in [3.63, 3.8) is 0 Å². The second kappa shape index (κ2) is 5.61. The first-order valence-corrected chi connectivity index (χ1v) is 8.88. The number of sulfonamides is 1. The number of rotatable bonds is 3. The maximum absolute atomic E-state index is 12.2. The van der Waals surface area contributed by atoms with Gasteiger partial charge in [-0.05, 0) is 36.8 Å². The highest BCUT2D eigenvalue weighted by Gasteiger charge is 2.21. The van der Waals surface area contributed by atoms with Gasteiger partial charge < -0.3 is 0 Å². The highest BCUT2D eigenvalue weighted by Crippen LogP contribution is 2.35. The molecule has 102 valence electrons. The minimum absolute atomic E-state index is 0.00950. The van der Waals surface area contributed by atoms with Crippen LogP contribution >= 0.6 is 50.5 Å². The van der Waals surface area contributed by atoms with Gasteiger partial charge in [-0.1, -0.05) is 39.1 Å². The number of halogens is 3. The molecule has 0 atom stereocenters. The number of anilines is 1. The van der Waals surface area contributed by atoms with Crippen LogP contribution in [0.25, 0.3) is 0 Å². The van der Waals surface area contributed by atoms with E-state index in [4.69, 9.17) is 23.2 Å². The van der Waals surface area contributed by atoms with E-state index in [2.05, 4.69) is 20.7 Å².